The summed E-state index contributed by atoms with van der Waals surface area (Å²) in [6.07, 6.45) is 5.02. The van der Waals surface area contributed by atoms with Crippen LogP contribution in [0.15, 0.2) is 35.8 Å². The van der Waals surface area contributed by atoms with E-state index in [1.807, 2.05) is 0 Å². The molecule has 2 heterocycles. The van der Waals surface area contributed by atoms with Crippen molar-refractivity contribution in [3.63, 3.8) is 0 Å². The number of benzene rings is 1. The van der Waals surface area contributed by atoms with Gasteiger partial charge in [0.15, 0.2) is 11.6 Å². The highest BCUT2D eigenvalue weighted by Crippen LogP contribution is 2.25. The van der Waals surface area contributed by atoms with Gasteiger partial charge in [0.05, 0.1) is 17.2 Å². The summed E-state index contributed by atoms with van der Waals surface area (Å²) in [4.78, 5) is 27.1. The van der Waals surface area contributed by atoms with Crippen LogP contribution in [0.4, 0.5) is 8.78 Å². The van der Waals surface area contributed by atoms with E-state index in [1.54, 1.807) is 6.92 Å². The highest BCUT2D eigenvalue weighted by Gasteiger charge is 2.22. The van der Waals surface area contributed by atoms with E-state index in [0.717, 1.165) is 16.8 Å². The second-order valence-corrected chi connectivity index (χ2v) is 4.85. The highest BCUT2D eigenvalue weighted by atomic mass is 19.1. The summed E-state index contributed by atoms with van der Waals surface area (Å²) in [5.41, 5.74) is -1.98. The molecule has 23 heavy (non-hydrogen) atoms. The third kappa shape index (κ3) is 2.19. The lowest BCUT2D eigenvalue weighted by atomic mass is 10.1. The van der Waals surface area contributed by atoms with Crippen molar-refractivity contribution in [1.29, 1.82) is 0 Å². The van der Waals surface area contributed by atoms with Crippen LogP contribution in [0, 0.1) is 11.6 Å². The zero-order chi connectivity index (χ0) is 16.7. The van der Waals surface area contributed by atoms with Gasteiger partial charge >= 0.3 is 5.97 Å². The van der Waals surface area contributed by atoms with Gasteiger partial charge in [0.1, 0.15) is 11.3 Å². The van der Waals surface area contributed by atoms with Crippen LogP contribution in [-0.4, -0.2) is 25.2 Å². The maximum atomic E-state index is 14.9. The molecule has 6 nitrogen and oxygen atoms in total. The molecule has 0 aliphatic carbocycles. The number of imidazole rings is 1. The van der Waals surface area contributed by atoms with Crippen LogP contribution in [0.5, 0.6) is 0 Å². The monoisotopic (exact) mass is 319 g/mol. The lowest BCUT2D eigenvalue weighted by molar-refractivity contribution is 0.0695. The van der Waals surface area contributed by atoms with Crippen LogP contribution in [0.1, 0.15) is 17.3 Å². The van der Waals surface area contributed by atoms with Crippen LogP contribution in [0.25, 0.3) is 16.6 Å². The number of hydrogen-bond acceptors (Lipinski definition) is 3. The topological polar surface area (TPSA) is 77.1 Å². The molecule has 2 aromatic heterocycles. The number of carboxylic acids is 1. The van der Waals surface area contributed by atoms with E-state index in [9.17, 15) is 18.4 Å². The number of hydrogen-bond donors (Lipinski definition) is 1. The Labute approximate surface area is 128 Å². The summed E-state index contributed by atoms with van der Waals surface area (Å²) < 4.78 is 31.6. The van der Waals surface area contributed by atoms with Gasteiger partial charge in [-0.15, -0.1) is 0 Å². The zero-order valence-corrected chi connectivity index (χ0v) is 12.0. The normalized spacial score (nSPS) is 11.1. The number of nitrogens with zero attached hydrogens (tertiary/aromatic N) is 3. The van der Waals surface area contributed by atoms with Gasteiger partial charge in [-0.1, -0.05) is 0 Å². The first kappa shape index (κ1) is 14.9. The minimum absolute atomic E-state index is 0.146. The van der Waals surface area contributed by atoms with Crippen molar-refractivity contribution < 1.29 is 18.7 Å². The Morgan fingerprint density at radius 3 is 2.70 bits per heavy atom. The van der Waals surface area contributed by atoms with Crippen LogP contribution >= 0.6 is 0 Å². The lowest BCUT2D eigenvalue weighted by Gasteiger charge is -2.14. The first-order valence-corrected chi connectivity index (χ1v) is 6.72. The summed E-state index contributed by atoms with van der Waals surface area (Å²) in [5.74, 6) is -3.37. The number of rotatable bonds is 3. The minimum Gasteiger partial charge on any atom is -0.477 e. The van der Waals surface area contributed by atoms with Crippen molar-refractivity contribution in [2.24, 2.45) is 0 Å². The van der Waals surface area contributed by atoms with Crippen molar-refractivity contribution >= 4 is 16.9 Å². The molecule has 0 amide bonds. The number of fused-ring (bicyclic) bond motifs is 1. The molecule has 0 saturated carbocycles. The molecular formula is C15H11F2N3O3. The third-order valence-corrected chi connectivity index (χ3v) is 3.56. The molecule has 0 atom stereocenters. The number of carboxylic acid groups (broad SMARTS) is 1. The van der Waals surface area contributed by atoms with E-state index >= 15 is 0 Å². The number of pyridine rings is 1. The molecule has 3 aromatic rings. The molecule has 1 aromatic carbocycles. The van der Waals surface area contributed by atoms with E-state index in [4.69, 9.17) is 5.11 Å². The number of aromatic nitrogens is 3. The number of aryl methyl sites for hydroxylation is 1. The summed E-state index contributed by atoms with van der Waals surface area (Å²) >= 11 is 0. The first-order valence-electron chi connectivity index (χ1n) is 6.72. The van der Waals surface area contributed by atoms with Crippen molar-refractivity contribution in [1.82, 2.24) is 14.1 Å². The maximum Gasteiger partial charge on any atom is 0.341 e. The van der Waals surface area contributed by atoms with Crippen molar-refractivity contribution in [3.8, 4) is 5.69 Å². The summed E-state index contributed by atoms with van der Waals surface area (Å²) in [5, 5.41) is 8.76. The van der Waals surface area contributed by atoms with Crippen LogP contribution in [0.2, 0.25) is 0 Å². The largest absolute Gasteiger partial charge is 0.477 e. The van der Waals surface area contributed by atoms with Crippen LogP contribution in [0.3, 0.4) is 0 Å². The van der Waals surface area contributed by atoms with Crippen molar-refractivity contribution in [2.45, 2.75) is 13.5 Å². The van der Waals surface area contributed by atoms with Gasteiger partial charge in [-0.2, -0.15) is 0 Å². The van der Waals surface area contributed by atoms with Gasteiger partial charge in [-0.05, 0) is 13.0 Å². The quantitative estimate of drug-likeness (QED) is 0.803. The summed E-state index contributed by atoms with van der Waals surface area (Å²) in [6, 6.07) is 0.856. The van der Waals surface area contributed by atoms with Gasteiger partial charge in [-0.25, -0.2) is 18.6 Å². The highest BCUT2D eigenvalue weighted by molar-refractivity contribution is 5.93. The standard InChI is InChI=1S/C15H11F2N3O3/c1-2-19-6-9(15(22)23)14(21)8-5-10(16)13(11(17)12(8)19)20-4-3-18-7-20/h3-7H,2H2,1H3,(H,22,23). The fourth-order valence-corrected chi connectivity index (χ4v) is 2.51. The average molecular weight is 319 g/mol. The van der Waals surface area contributed by atoms with E-state index in [0.29, 0.717) is 0 Å². The molecule has 0 unspecified atom stereocenters. The number of carbonyl (C=O) groups is 1. The van der Waals surface area contributed by atoms with E-state index in [-0.39, 0.29) is 23.1 Å². The smallest absolute Gasteiger partial charge is 0.341 e. The predicted octanol–water partition coefficient (Wildman–Crippen LogP) is 2.18. The van der Waals surface area contributed by atoms with Gasteiger partial charge < -0.3 is 14.2 Å². The maximum absolute atomic E-state index is 14.9. The second-order valence-electron chi connectivity index (χ2n) is 4.85. The predicted molar refractivity (Wildman–Crippen MR) is 77.9 cm³/mol. The molecule has 3 rings (SSSR count). The van der Waals surface area contributed by atoms with Gasteiger partial charge in [0.2, 0.25) is 5.43 Å². The Kier molecular flexibility index (Phi) is 3.44. The average Bonchev–Trinajstić information content (AvgIpc) is 3.02. The van der Waals surface area contributed by atoms with Crippen LogP contribution < -0.4 is 5.43 Å². The SMILES string of the molecule is CCn1cc(C(=O)O)c(=O)c2cc(F)c(-n3ccnc3)c(F)c21. The molecule has 0 aliphatic rings. The first-order chi connectivity index (χ1) is 11.0. The Balaban J connectivity index is 2.50. The fraction of sp³-hybridized carbons (Fsp3) is 0.133. The zero-order valence-electron chi connectivity index (χ0n) is 12.0. The molecule has 118 valence electrons. The molecule has 0 radical (unpaired) electrons. The van der Waals surface area contributed by atoms with Crippen molar-refractivity contribution in [2.75, 3.05) is 0 Å². The Morgan fingerprint density at radius 2 is 2.13 bits per heavy atom. The van der Waals surface area contributed by atoms with Crippen molar-refractivity contribution in [3.05, 3.63) is 58.4 Å². The molecule has 0 fully saturated rings. The fourth-order valence-electron chi connectivity index (χ4n) is 2.51. The Hall–Kier alpha value is -3.03. The molecule has 1 N–H and O–H groups in total. The molecule has 0 bridgehead atoms. The van der Waals surface area contributed by atoms with E-state index in [2.05, 4.69) is 4.98 Å². The molecule has 0 aliphatic heterocycles. The summed E-state index contributed by atoms with van der Waals surface area (Å²) in [7, 11) is 0. The summed E-state index contributed by atoms with van der Waals surface area (Å²) in [6.45, 7) is 1.87. The van der Waals surface area contributed by atoms with Gasteiger partial charge in [0, 0.05) is 25.1 Å². The van der Waals surface area contributed by atoms with E-state index in [1.165, 1.54) is 23.3 Å². The van der Waals surface area contributed by atoms with E-state index < -0.39 is 28.6 Å². The van der Waals surface area contributed by atoms with Crippen LogP contribution in [-0.2, 0) is 6.54 Å². The minimum atomic E-state index is -1.45. The Bertz CT molecular complexity index is 978. The number of halogens is 2. The molecule has 0 spiro atoms. The van der Waals surface area contributed by atoms with Gasteiger partial charge in [-0.3, -0.25) is 4.79 Å². The van der Waals surface area contributed by atoms with Gasteiger partial charge in [0.25, 0.3) is 0 Å². The lowest BCUT2D eigenvalue weighted by Crippen LogP contribution is -2.20. The second kappa shape index (κ2) is 5.31. The number of aromatic carboxylic acids is 1. The molecule has 8 heteroatoms. The third-order valence-electron chi connectivity index (χ3n) is 3.56. The molecule has 0 saturated heterocycles. The molecular weight excluding hydrogens is 308 g/mol. The Morgan fingerprint density at radius 1 is 1.39 bits per heavy atom.